The summed E-state index contributed by atoms with van der Waals surface area (Å²) in [6, 6.07) is 5.72. The topological polar surface area (TPSA) is 64.8 Å². The van der Waals surface area contributed by atoms with E-state index in [0.717, 1.165) is 31.5 Å². The van der Waals surface area contributed by atoms with Crippen molar-refractivity contribution in [1.29, 1.82) is 0 Å². The largest absolute Gasteiger partial charge is 0.493 e. The molecular weight excluding hydrogens is 268 g/mol. The Kier molecular flexibility index (Phi) is 5.44. The average molecular weight is 292 g/mol. The van der Waals surface area contributed by atoms with Gasteiger partial charge in [-0.2, -0.15) is 0 Å². The third-order valence-electron chi connectivity index (χ3n) is 3.62. The van der Waals surface area contributed by atoms with Crippen molar-refractivity contribution >= 4 is 5.91 Å². The molecule has 0 bridgehead atoms. The van der Waals surface area contributed by atoms with Gasteiger partial charge in [-0.1, -0.05) is 12.1 Å². The summed E-state index contributed by atoms with van der Waals surface area (Å²) < 4.78 is 11.1. The van der Waals surface area contributed by atoms with E-state index in [4.69, 9.17) is 15.2 Å². The van der Waals surface area contributed by atoms with E-state index in [1.165, 1.54) is 0 Å². The van der Waals surface area contributed by atoms with Crippen LogP contribution in [0.5, 0.6) is 11.5 Å². The lowest BCUT2D eigenvalue weighted by molar-refractivity contribution is -0.132. The van der Waals surface area contributed by atoms with Crippen LogP contribution < -0.4 is 15.2 Å². The van der Waals surface area contributed by atoms with Gasteiger partial charge in [-0.05, 0) is 37.8 Å². The number of nitrogens with two attached hydrogens (primary N) is 1. The quantitative estimate of drug-likeness (QED) is 0.864. The van der Waals surface area contributed by atoms with Crippen LogP contribution in [0.15, 0.2) is 18.2 Å². The zero-order chi connectivity index (χ0) is 15.2. The number of nitrogens with zero attached hydrogens (tertiary/aromatic N) is 1. The molecule has 1 amide bonds. The number of hydrogen-bond donors (Lipinski definition) is 1. The standard InChI is InChI=1S/C16H24N2O3/c1-12(17)10-13-6-5-7-14(20-2)16(13)21-11-15(19)18-8-3-4-9-18/h5-7,12H,3-4,8-11,17H2,1-2H3. The molecule has 0 aromatic heterocycles. The van der Waals surface area contributed by atoms with Crippen molar-refractivity contribution in [3.05, 3.63) is 23.8 Å². The molecule has 1 aromatic carbocycles. The lowest BCUT2D eigenvalue weighted by atomic mass is 10.1. The molecule has 2 N–H and O–H groups in total. The van der Waals surface area contributed by atoms with E-state index in [1.807, 2.05) is 30.0 Å². The van der Waals surface area contributed by atoms with Gasteiger partial charge < -0.3 is 20.1 Å². The van der Waals surface area contributed by atoms with E-state index in [9.17, 15) is 4.79 Å². The molecule has 1 aliphatic rings. The summed E-state index contributed by atoms with van der Waals surface area (Å²) >= 11 is 0. The number of likely N-dealkylation sites (tertiary alicyclic amines) is 1. The number of methoxy groups -OCH3 is 1. The van der Waals surface area contributed by atoms with Crippen LogP contribution in [0.2, 0.25) is 0 Å². The fourth-order valence-corrected chi connectivity index (χ4v) is 2.59. The Morgan fingerprint density at radius 3 is 2.71 bits per heavy atom. The second kappa shape index (κ2) is 7.31. The molecule has 1 aliphatic heterocycles. The highest BCUT2D eigenvalue weighted by Gasteiger charge is 2.20. The van der Waals surface area contributed by atoms with E-state index in [0.29, 0.717) is 17.9 Å². The zero-order valence-corrected chi connectivity index (χ0v) is 12.8. The molecule has 0 saturated carbocycles. The number of amides is 1. The minimum Gasteiger partial charge on any atom is -0.493 e. The van der Waals surface area contributed by atoms with Gasteiger partial charge in [0, 0.05) is 19.1 Å². The second-order valence-electron chi connectivity index (χ2n) is 5.51. The summed E-state index contributed by atoms with van der Waals surface area (Å²) in [5, 5.41) is 0. The van der Waals surface area contributed by atoms with Crippen molar-refractivity contribution in [2.24, 2.45) is 5.73 Å². The molecule has 5 nitrogen and oxygen atoms in total. The first-order valence-electron chi connectivity index (χ1n) is 7.44. The first-order valence-corrected chi connectivity index (χ1v) is 7.44. The van der Waals surface area contributed by atoms with Gasteiger partial charge in [0.2, 0.25) is 0 Å². The van der Waals surface area contributed by atoms with Crippen LogP contribution in [0.25, 0.3) is 0 Å². The first kappa shape index (κ1) is 15.6. The monoisotopic (exact) mass is 292 g/mol. The summed E-state index contributed by atoms with van der Waals surface area (Å²) in [4.78, 5) is 13.9. The SMILES string of the molecule is COc1cccc(CC(C)N)c1OCC(=O)N1CCCC1. The maximum atomic E-state index is 12.1. The predicted molar refractivity (Wildman–Crippen MR) is 81.7 cm³/mol. The minimum absolute atomic E-state index is 0.0220. The van der Waals surface area contributed by atoms with Gasteiger partial charge in [0.1, 0.15) is 0 Å². The molecular formula is C16H24N2O3. The first-order chi connectivity index (χ1) is 10.1. The molecule has 1 unspecified atom stereocenters. The molecule has 0 aliphatic carbocycles. The van der Waals surface area contributed by atoms with E-state index >= 15 is 0 Å². The molecule has 21 heavy (non-hydrogen) atoms. The van der Waals surface area contributed by atoms with Crippen LogP contribution in [0.4, 0.5) is 0 Å². The van der Waals surface area contributed by atoms with Crippen molar-refractivity contribution in [3.8, 4) is 11.5 Å². The van der Waals surface area contributed by atoms with Crippen LogP contribution in [0, 0.1) is 0 Å². The number of carbonyl (C=O) groups is 1. The van der Waals surface area contributed by atoms with Crippen molar-refractivity contribution in [2.45, 2.75) is 32.2 Å². The van der Waals surface area contributed by atoms with Crippen molar-refractivity contribution in [3.63, 3.8) is 0 Å². The summed E-state index contributed by atoms with van der Waals surface area (Å²) in [5.41, 5.74) is 6.84. The van der Waals surface area contributed by atoms with E-state index in [2.05, 4.69) is 0 Å². The minimum atomic E-state index is 0.0220. The van der Waals surface area contributed by atoms with Gasteiger partial charge in [-0.3, -0.25) is 4.79 Å². The Labute approximate surface area is 126 Å². The van der Waals surface area contributed by atoms with Gasteiger partial charge >= 0.3 is 0 Å². The lowest BCUT2D eigenvalue weighted by Gasteiger charge is -2.19. The van der Waals surface area contributed by atoms with Gasteiger partial charge in [-0.15, -0.1) is 0 Å². The number of hydrogen-bond acceptors (Lipinski definition) is 4. The molecule has 1 aromatic rings. The smallest absolute Gasteiger partial charge is 0.260 e. The molecule has 116 valence electrons. The highest BCUT2D eigenvalue weighted by Crippen LogP contribution is 2.31. The van der Waals surface area contributed by atoms with E-state index < -0.39 is 0 Å². The molecule has 1 heterocycles. The molecule has 0 spiro atoms. The maximum Gasteiger partial charge on any atom is 0.260 e. The van der Waals surface area contributed by atoms with Crippen molar-refractivity contribution < 1.29 is 14.3 Å². The normalized spacial score (nSPS) is 15.9. The summed E-state index contributed by atoms with van der Waals surface area (Å²) in [6.45, 7) is 3.66. The van der Waals surface area contributed by atoms with Gasteiger partial charge in [0.25, 0.3) is 5.91 Å². The summed E-state index contributed by atoms with van der Waals surface area (Å²) in [6.07, 6.45) is 2.84. The number of ether oxygens (including phenoxy) is 2. The second-order valence-corrected chi connectivity index (χ2v) is 5.51. The third-order valence-corrected chi connectivity index (χ3v) is 3.62. The maximum absolute atomic E-state index is 12.1. The van der Waals surface area contributed by atoms with Gasteiger partial charge in [0.05, 0.1) is 7.11 Å². The van der Waals surface area contributed by atoms with E-state index in [1.54, 1.807) is 7.11 Å². The number of benzene rings is 1. The van der Waals surface area contributed by atoms with Crippen LogP contribution in [-0.2, 0) is 11.2 Å². The Balaban J connectivity index is 2.07. The molecule has 5 heteroatoms. The molecule has 1 saturated heterocycles. The number of carbonyl (C=O) groups excluding carboxylic acids is 1. The van der Waals surface area contributed by atoms with Crippen LogP contribution >= 0.6 is 0 Å². The Morgan fingerprint density at radius 1 is 1.38 bits per heavy atom. The van der Waals surface area contributed by atoms with Crippen LogP contribution in [0.1, 0.15) is 25.3 Å². The van der Waals surface area contributed by atoms with E-state index in [-0.39, 0.29) is 18.6 Å². The predicted octanol–water partition coefficient (Wildman–Crippen LogP) is 1.59. The average Bonchev–Trinajstić information content (AvgIpc) is 2.99. The lowest BCUT2D eigenvalue weighted by Crippen LogP contribution is -2.32. The number of para-hydroxylation sites is 1. The Morgan fingerprint density at radius 2 is 2.10 bits per heavy atom. The van der Waals surface area contributed by atoms with Crippen LogP contribution in [0.3, 0.4) is 0 Å². The summed E-state index contributed by atoms with van der Waals surface area (Å²) in [7, 11) is 1.60. The number of rotatable bonds is 6. The molecule has 1 fully saturated rings. The van der Waals surface area contributed by atoms with Gasteiger partial charge in [0.15, 0.2) is 18.1 Å². The Hall–Kier alpha value is -1.75. The highest BCUT2D eigenvalue weighted by atomic mass is 16.5. The fraction of sp³-hybridized carbons (Fsp3) is 0.562. The molecule has 2 rings (SSSR count). The van der Waals surface area contributed by atoms with Crippen molar-refractivity contribution in [2.75, 3.05) is 26.8 Å². The highest BCUT2D eigenvalue weighted by molar-refractivity contribution is 5.78. The third kappa shape index (κ3) is 4.11. The fourth-order valence-electron chi connectivity index (χ4n) is 2.59. The molecule has 1 atom stereocenters. The zero-order valence-electron chi connectivity index (χ0n) is 12.8. The molecule has 0 radical (unpaired) electrons. The van der Waals surface area contributed by atoms with Gasteiger partial charge in [-0.25, -0.2) is 0 Å². The van der Waals surface area contributed by atoms with Crippen molar-refractivity contribution in [1.82, 2.24) is 4.90 Å². The van der Waals surface area contributed by atoms with Crippen LogP contribution in [-0.4, -0.2) is 43.7 Å². The summed E-state index contributed by atoms with van der Waals surface area (Å²) in [5.74, 6) is 1.30. The Bertz CT molecular complexity index is 482.